The Labute approximate surface area is 137 Å². The van der Waals surface area contributed by atoms with Crippen LogP contribution >= 0.6 is 0 Å². The second-order valence-electron chi connectivity index (χ2n) is 5.64. The van der Waals surface area contributed by atoms with Gasteiger partial charge >= 0.3 is 0 Å². The van der Waals surface area contributed by atoms with Crippen molar-refractivity contribution in [3.8, 4) is 11.5 Å². The number of hydrogen-bond acceptors (Lipinski definition) is 5. The van der Waals surface area contributed by atoms with Gasteiger partial charge in [-0.3, -0.25) is 9.69 Å². The molecule has 2 rings (SSSR count). The molecule has 1 aliphatic heterocycles. The molecule has 0 bridgehead atoms. The summed E-state index contributed by atoms with van der Waals surface area (Å²) in [5, 5.41) is 0. The van der Waals surface area contributed by atoms with Crippen LogP contribution in [0.2, 0.25) is 0 Å². The molecule has 1 fully saturated rings. The lowest BCUT2D eigenvalue weighted by Gasteiger charge is -2.28. The molecule has 0 aromatic heterocycles. The van der Waals surface area contributed by atoms with Crippen molar-refractivity contribution < 1.29 is 19.0 Å². The summed E-state index contributed by atoms with van der Waals surface area (Å²) in [5.74, 6) is 1.42. The highest BCUT2D eigenvalue weighted by atomic mass is 16.5. The maximum atomic E-state index is 12.3. The van der Waals surface area contributed by atoms with Crippen LogP contribution in [0.25, 0.3) is 0 Å². The van der Waals surface area contributed by atoms with E-state index < -0.39 is 0 Å². The van der Waals surface area contributed by atoms with E-state index in [0.717, 1.165) is 45.0 Å². The van der Waals surface area contributed by atoms with Crippen LogP contribution in [0.5, 0.6) is 11.5 Å². The first-order valence-corrected chi connectivity index (χ1v) is 7.89. The number of carbonyl (C=O) groups is 1. The van der Waals surface area contributed by atoms with Gasteiger partial charge in [-0.2, -0.15) is 0 Å². The molecule has 1 heterocycles. The number of ether oxygens (including phenoxy) is 3. The Bertz CT molecular complexity index is 515. The zero-order chi connectivity index (χ0) is 16.7. The van der Waals surface area contributed by atoms with Crippen molar-refractivity contribution in [1.82, 2.24) is 9.80 Å². The Morgan fingerprint density at radius 1 is 1.22 bits per heavy atom. The van der Waals surface area contributed by atoms with Crippen LogP contribution in [-0.4, -0.2) is 76.4 Å². The minimum absolute atomic E-state index is 0.102. The van der Waals surface area contributed by atoms with Gasteiger partial charge in [-0.15, -0.1) is 0 Å². The van der Waals surface area contributed by atoms with Crippen molar-refractivity contribution in [2.45, 2.75) is 6.42 Å². The van der Waals surface area contributed by atoms with Crippen LogP contribution in [0.1, 0.15) is 5.56 Å². The fourth-order valence-corrected chi connectivity index (χ4v) is 2.54. The normalized spacial score (nSPS) is 15.3. The monoisotopic (exact) mass is 322 g/mol. The molecule has 0 spiro atoms. The topological polar surface area (TPSA) is 51.2 Å². The fraction of sp³-hybridized carbons (Fsp3) is 0.588. The summed E-state index contributed by atoms with van der Waals surface area (Å²) in [6.45, 7) is 5.06. The maximum Gasteiger partial charge on any atom is 0.226 e. The summed E-state index contributed by atoms with van der Waals surface area (Å²) in [4.78, 5) is 16.5. The molecule has 0 N–H and O–H groups in total. The lowest BCUT2D eigenvalue weighted by Crippen LogP contribution is -2.42. The van der Waals surface area contributed by atoms with Crippen molar-refractivity contribution in [1.29, 1.82) is 0 Å². The first kappa shape index (κ1) is 17.6. The van der Waals surface area contributed by atoms with Gasteiger partial charge in [0.1, 0.15) is 0 Å². The number of nitrogens with zero attached hydrogens (tertiary/aromatic N) is 2. The van der Waals surface area contributed by atoms with E-state index in [0.29, 0.717) is 17.9 Å². The number of hydrogen-bond donors (Lipinski definition) is 0. The summed E-state index contributed by atoms with van der Waals surface area (Å²) in [7, 11) is 5.05. The number of morpholine rings is 1. The van der Waals surface area contributed by atoms with Gasteiger partial charge < -0.3 is 19.1 Å². The Hall–Kier alpha value is -1.79. The van der Waals surface area contributed by atoms with Gasteiger partial charge in [0.15, 0.2) is 11.5 Å². The van der Waals surface area contributed by atoms with Gasteiger partial charge in [0.25, 0.3) is 0 Å². The third-order valence-electron chi connectivity index (χ3n) is 4.08. The van der Waals surface area contributed by atoms with Gasteiger partial charge in [0, 0.05) is 33.2 Å². The number of amides is 1. The number of likely N-dealkylation sites (N-methyl/N-ethyl adjacent to an activating group) is 1. The van der Waals surface area contributed by atoms with Crippen LogP contribution in [0.15, 0.2) is 18.2 Å². The van der Waals surface area contributed by atoms with Crippen LogP contribution in [0.4, 0.5) is 0 Å². The van der Waals surface area contributed by atoms with Gasteiger partial charge in [0.2, 0.25) is 5.91 Å². The highest BCUT2D eigenvalue weighted by Gasteiger charge is 2.15. The minimum Gasteiger partial charge on any atom is -0.493 e. The van der Waals surface area contributed by atoms with E-state index in [1.54, 1.807) is 19.1 Å². The summed E-state index contributed by atoms with van der Waals surface area (Å²) in [6.07, 6.45) is 0.361. The highest BCUT2D eigenvalue weighted by Crippen LogP contribution is 2.27. The molecule has 1 aromatic rings. The molecule has 1 saturated heterocycles. The van der Waals surface area contributed by atoms with Crippen molar-refractivity contribution in [2.24, 2.45) is 0 Å². The van der Waals surface area contributed by atoms with Gasteiger partial charge in [-0.1, -0.05) is 6.07 Å². The van der Waals surface area contributed by atoms with E-state index in [1.807, 2.05) is 25.2 Å². The lowest BCUT2D eigenvalue weighted by atomic mass is 10.1. The van der Waals surface area contributed by atoms with Crippen LogP contribution < -0.4 is 9.47 Å². The number of carbonyl (C=O) groups excluding carboxylic acids is 1. The average Bonchev–Trinajstić information content (AvgIpc) is 2.60. The summed E-state index contributed by atoms with van der Waals surface area (Å²) >= 11 is 0. The van der Waals surface area contributed by atoms with Crippen LogP contribution in [0, 0.1) is 0 Å². The van der Waals surface area contributed by atoms with Crippen molar-refractivity contribution in [3.63, 3.8) is 0 Å². The summed E-state index contributed by atoms with van der Waals surface area (Å²) in [6, 6.07) is 5.58. The Balaban J connectivity index is 1.85. The van der Waals surface area contributed by atoms with E-state index in [2.05, 4.69) is 4.90 Å². The smallest absolute Gasteiger partial charge is 0.226 e. The van der Waals surface area contributed by atoms with E-state index in [9.17, 15) is 4.79 Å². The highest BCUT2D eigenvalue weighted by molar-refractivity contribution is 5.78. The quantitative estimate of drug-likeness (QED) is 0.751. The summed E-state index contributed by atoms with van der Waals surface area (Å²) in [5.41, 5.74) is 0.922. The third kappa shape index (κ3) is 5.11. The van der Waals surface area contributed by atoms with E-state index in [4.69, 9.17) is 14.2 Å². The second-order valence-corrected chi connectivity index (χ2v) is 5.64. The van der Waals surface area contributed by atoms with E-state index in [-0.39, 0.29) is 5.91 Å². The zero-order valence-corrected chi connectivity index (χ0v) is 14.2. The third-order valence-corrected chi connectivity index (χ3v) is 4.08. The van der Waals surface area contributed by atoms with Gasteiger partial charge in [-0.05, 0) is 17.7 Å². The molecule has 0 aliphatic carbocycles. The second kappa shape index (κ2) is 8.74. The largest absolute Gasteiger partial charge is 0.493 e. The Kier molecular flexibility index (Phi) is 6.67. The number of benzene rings is 1. The van der Waals surface area contributed by atoms with Gasteiger partial charge in [-0.25, -0.2) is 0 Å². The predicted molar refractivity (Wildman–Crippen MR) is 88.1 cm³/mol. The number of rotatable bonds is 7. The average molecular weight is 322 g/mol. The van der Waals surface area contributed by atoms with E-state index in [1.165, 1.54) is 0 Å². The molecule has 128 valence electrons. The Morgan fingerprint density at radius 2 is 1.91 bits per heavy atom. The molecule has 1 aromatic carbocycles. The minimum atomic E-state index is 0.102. The molecule has 0 atom stereocenters. The fourth-order valence-electron chi connectivity index (χ4n) is 2.54. The summed E-state index contributed by atoms with van der Waals surface area (Å²) < 4.78 is 15.8. The maximum absolute atomic E-state index is 12.3. The standard InChI is InChI=1S/C17H26N2O4/c1-18(6-7-19-8-10-23-11-9-19)17(20)13-14-4-5-15(21-2)16(12-14)22-3/h4-5,12H,6-11,13H2,1-3H3. The number of methoxy groups -OCH3 is 2. The van der Waals surface area contributed by atoms with E-state index >= 15 is 0 Å². The van der Waals surface area contributed by atoms with Crippen molar-refractivity contribution >= 4 is 5.91 Å². The molecule has 6 nitrogen and oxygen atoms in total. The SMILES string of the molecule is COc1ccc(CC(=O)N(C)CCN2CCOCC2)cc1OC. The first-order valence-electron chi connectivity index (χ1n) is 7.89. The molecule has 0 saturated carbocycles. The molecular weight excluding hydrogens is 296 g/mol. The first-order chi connectivity index (χ1) is 11.1. The molecule has 0 unspecified atom stereocenters. The van der Waals surface area contributed by atoms with Gasteiger partial charge in [0.05, 0.1) is 33.9 Å². The molecular formula is C17H26N2O4. The van der Waals surface area contributed by atoms with Crippen LogP contribution in [-0.2, 0) is 16.0 Å². The Morgan fingerprint density at radius 3 is 2.57 bits per heavy atom. The molecule has 6 heteroatoms. The predicted octanol–water partition coefficient (Wildman–Crippen LogP) is 1.04. The molecule has 1 aliphatic rings. The van der Waals surface area contributed by atoms with Crippen LogP contribution in [0.3, 0.4) is 0 Å². The van der Waals surface area contributed by atoms with Crippen molar-refractivity contribution in [2.75, 3.05) is 60.7 Å². The lowest BCUT2D eigenvalue weighted by molar-refractivity contribution is -0.129. The zero-order valence-electron chi connectivity index (χ0n) is 14.2. The molecule has 0 radical (unpaired) electrons. The molecule has 23 heavy (non-hydrogen) atoms. The van der Waals surface area contributed by atoms with Crippen molar-refractivity contribution in [3.05, 3.63) is 23.8 Å². The molecule has 1 amide bonds.